The van der Waals surface area contributed by atoms with E-state index in [2.05, 4.69) is 10.3 Å². The molecule has 106 valence electrons. The van der Waals surface area contributed by atoms with Crippen molar-refractivity contribution in [2.45, 2.75) is 25.8 Å². The van der Waals surface area contributed by atoms with Gasteiger partial charge in [-0.3, -0.25) is 4.79 Å². The number of carbonyl (C=O) groups excluding carboxylic acids is 1. The van der Waals surface area contributed by atoms with Gasteiger partial charge in [-0.2, -0.15) is 0 Å². The molecule has 0 bridgehead atoms. The van der Waals surface area contributed by atoms with Crippen LogP contribution in [0.1, 0.15) is 18.4 Å². The molecule has 0 fully saturated rings. The number of anilines is 1. The number of hydrogen-bond acceptors (Lipinski definition) is 3. The molecule has 0 saturated carbocycles. The van der Waals surface area contributed by atoms with Gasteiger partial charge in [0, 0.05) is 37.6 Å². The van der Waals surface area contributed by atoms with Crippen LogP contribution in [-0.2, 0) is 17.8 Å². The summed E-state index contributed by atoms with van der Waals surface area (Å²) >= 11 is 0. The fraction of sp³-hybridized carbons (Fsp3) is 0.333. The summed E-state index contributed by atoms with van der Waals surface area (Å²) in [5, 5.41) is 2.92. The van der Waals surface area contributed by atoms with Gasteiger partial charge in [0.15, 0.2) is 0 Å². The van der Waals surface area contributed by atoms with Crippen LogP contribution in [0.2, 0.25) is 0 Å². The van der Waals surface area contributed by atoms with Crippen LogP contribution >= 0.6 is 0 Å². The minimum atomic E-state index is 0.0684. The molecule has 0 aliphatic heterocycles. The van der Waals surface area contributed by atoms with E-state index in [4.69, 9.17) is 5.73 Å². The number of amides is 1. The Morgan fingerprint density at radius 2 is 2.20 bits per heavy atom. The summed E-state index contributed by atoms with van der Waals surface area (Å²) in [4.78, 5) is 15.7. The molecule has 0 aliphatic rings. The third-order valence-electron chi connectivity index (χ3n) is 3.15. The minimum Gasteiger partial charge on any atom is -0.399 e. The second-order valence-corrected chi connectivity index (χ2v) is 4.70. The number of rotatable bonds is 7. The van der Waals surface area contributed by atoms with Gasteiger partial charge < -0.3 is 15.6 Å². The van der Waals surface area contributed by atoms with Crippen molar-refractivity contribution in [2.75, 3.05) is 12.3 Å². The van der Waals surface area contributed by atoms with Gasteiger partial charge in [-0.1, -0.05) is 18.2 Å². The average Bonchev–Trinajstić information content (AvgIpc) is 2.96. The SMILES string of the molecule is Nc1ccccc1CCC(=O)NCCCn1ccnc1. The van der Waals surface area contributed by atoms with Gasteiger partial charge in [-0.25, -0.2) is 4.98 Å². The van der Waals surface area contributed by atoms with Crippen LogP contribution in [-0.4, -0.2) is 22.0 Å². The van der Waals surface area contributed by atoms with Gasteiger partial charge >= 0.3 is 0 Å². The topological polar surface area (TPSA) is 72.9 Å². The van der Waals surface area contributed by atoms with Gasteiger partial charge in [0.05, 0.1) is 6.33 Å². The third kappa shape index (κ3) is 4.42. The number of imidazole rings is 1. The van der Waals surface area contributed by atoms with Crippen LogP contribution in [0.3, 0.4) is 0 Å². The van der Waals surface area contributed by atoms with Gasteiger partial charge in [-0.05, 0) is 24.5 Å². The third-order valence-corrected chi connectivity index (χ3v) is 3.15. The quantitative estimate of drug-likeness (QED) is 0.594. The van der Waals surface area contributed by atoms with E-state index >= 15 is 0 Å². The first kappa shape index (κ1) is 14.1. The summed E-state index contributed by atoms with van der Waals surface area (Å²) < 4.78 is 2.00. The lowest BCUT2D eigenvalue weighted by atomic mass is 10.1. The zero-order valence-electron chi connectivity index (χ0n) is 11.5. The highest BCUT2D eigenvalue weighted by atomic mass is 16.1. The van der Waals surface area contributed by atoms with Crippen molar-refractivity contribution in [1.82, 2.24) is 14.9 Å². The van der Waals surface area contributed by atoms with Crippen molar-refractivity contribution in [1.29, 1.82) is 0 Å². The zero-order chi connectivity index (χ0) is 14.2. The van der Waals surface area contributed by atoms with Gasteiger partial charge in [-0.15, -0.1) is 0 Å². The van der Waals surface area contributed by atoms with Crippen LogP contribution in [0.5, 0.6) is 0 Å². The van der Waals surface area contributed by atoms with E-state index in [9.17, 15) is 4.79 Å². The predicted molar refractivity (Wildman–Crippen MR) is 79.0 cm³/mol. The number of aryl methyl sites for hydroxylation is 2. The number of nitrogens with two attached hydrogens (primary N) is 1. The standard InChI is InChI=1S/C15H20N4O/c16-14-5-2-1-4-13(14)6-7-15(20)18-8-3-10-19-11-9-17-12-19/h1-2,4-5,9,11-12H,3,6-8,10,16H2,(H,18,20). The lowest BCUT2D eigenvalue weighted by Gasteiger charge is -2.07. The average molecular weight is 272 g/mol. The molecule has 0 unspecified atom stereocenters. The first-order valence-corrected chi connectivity index (χ1v) is 6.81. The molecule has 1 heterocycles. The lowest BCUT2D eigenvalue weighted by molar-refractivity contribution is -0.121. The number of carbonyl (C=O) groups is 1. The van der Waals surface area contributed by atoms with Crippen LogP contribution in [0.4, 0.5) is 5.69 Å². The fourth-order valence-electron chi connectivity index (χ4n) is 2.01. The number of para-hydroxylation sites is 1. The monoisotopic (exact) mass is 272 g/mol. The first-order valence-electron chi connectivity index (χ1n) is 6.81. The van der Waals surface area contributed by atoms with Crippen LogP contribution in [0.15, 0.2) is 43.0 Å². The summed E-state index contributed by atoms with van der Waals surface area (Å²) in [5.41, 5.74) is 7.62. The van der Waals surface area contributed by atoms with E-state index in [1.807, 2.05) is 35.0 Å². The van der Waals surface area contributed by atoms with E-state index in [-0.39, 0.29) is 5.91 Å². The Bertz CT molecular complexity index is 537. The van der Waals surface area contributed by atoms with E-state index in [0.29, 0.717) is 19.4 Å². The van der Waals surface area contributed by atoms with Crippen LogP contribution < -0.4 is 11.1 Å². The summed E-state index contributed by atoms with van der Waals surface area (Å²) in [7, 11) is 0. The second-order valence-electron chi connectivity index (χ2n) is 4.70. The molecule has 0 spiro atoms. The summed E-state index contributed by atoms with van der Waals surface area (Å²) in [6.07, 6.45) is 7.50. The molecule has 1 aromatic heterocycles. The molecule has 0 aliphatic carbocycles. The zero-order valence-corrected chi connectivity index (χ0v) is 11.5. The fourth-order valence-corrected chi connectivity index (χ4v) is 2.01. The number of hydrogen-bond donors (Lipinski definition) is 2. The minimum absolute atomic E-state index is 0.0684. The van der Waals surface area contributed by atoms with Gasteiger partial charge in [0.2, 0.25) is 5.91 Å². The Morgan fingerprint density at radius 1 is 1.35 bits per heavy atom. The van der Waals surface area contributed by atoms with Crippen LogP contribution in [0.25, 0.3) is 0 Å². The van der Waals surface area contributed by atoms with Crippen LogP contribution in [0, 0.1) is 0 Å². The predicted octanol–water partition coefficient (Wildman–Crippen LogP) is 1.60. The highest BCUT2D eigenvalue weighted by molar-refractivity contribution is 5.76. The highest BCUT2D eigenvalue weighted by Crippen LogP contribution is 2.12. The van der Waals surface area contributed by atoms with Crippen molar-refractivity contribution in [3.05, 3.63) is 48.5 Å². The van der Waals surface area contributed by atoms with Crippen molar-refractivity contribution in [3.8, 4) is 0 Å². The normalized spacial score (nSPS) is 10.4. The number of nitrogens with zero attached hydrogens (tertiary/aromatic N) is 2. The van der Waals surface area contributed by atoms with Gasteiger partial charge in [0.1, 0.15) is 0 Å². The number of nitrogen functional groups attached to an aromatic ring is 1. The molecule has 2 aromatic rings. The molecule has 0 atom stereocenters. The van der Waals surface area contributed by atoms with Gasteiger partial charge in [0.25, 0.3) is 0 Å². The van der Waals surface area contributed by atoms with Crippen molar-refractivity contribution in [2.24, 2.45) is 0 Å². The molecule has 1 amide bonds. The molecule has 5 nitrogen and oxygen atoms in total. The largest absolute Gasteiger partial charge is 0.399 e. The Balaban J connectivity index is 1.62. The first-order chi connectivity index (χ1) is 9.75. The molecule has 5 heteroatoms. The van der Waals surface area contributed by atoms with E-state index in [0.717, 1.165) is 24.2 Å². The molecule has 0 radical (unpaired) electrons. The number of aromatic nitrogens is 2. The molecule has 0 saturated heterocycles. The number of nitrogens with one attached hydrogen (secondary N) is 1. The second kappa shape index (κ2) is 7.33. The Morgan fingerprint density at radius 3 is 2.95 bits per heavy atom. The van der Waals surface area contributed by atoms with E-state index in [1.165, 1.54) is 0 Å². The van der Waals surface area contributed by atoms with Crippen molar-refractivity contribution < 1.29 is 4.79 Å². The Hall–Kier alpha value is -2.30. The number of benzene rings is 1. The molecular formula is C15H20N4O. The smallest absolute Gasteiger partial charge is 0.220 e. The molecule has 1 aromatic carbocycles. The van der Waals surface area contributed by atoms with Crippen molar-refractivity contribution in [3.63, 3.8) is 0 Å². The maximum absolute atomic E-state index is 11.7. The molecule has 2 rings (SSSR count). The van der Waals surface area contributed by atoms with Crippen molar-refractivity contribution >= 4 is 11.6 Å². The molecule has 3 N–H and O–H groups in total. The Labute approximate surface area is 118 Å². The summed E-state index contributed by atoms with van der Waals surface area (Å²) in [5.74, 6) is 0.0684. The maximum Gasteiger partial charge on any atom is 0.220 e. The van der Waals surface area contributed by atoms with E-state index < -0.39 is 0 Å². The lowest BCUT2D eigenvalue weighted by Crippen LogP contribution is -2.25. The molecule has 20 heavy (non-hydrogen) atoms. The Kier molecular flexibility index (Phi) is 5.17. The summed E-state index contributed by atoms with van der Waals surface area (Å²) in [6.45, 7) is 1.55. The summed E-state index contributed by atoms with van der Waals surface area (Å²) in [6, 6.07) is 7.66. The highest BCUT2D eigenvalue weighted by Gasteiger charge is 2.03. The maximum atomic E-state index is 11.7. The molecular weight excluding hydrogens is 252 g/mol. The van der Waals surface area contributed by atoms with E-state index in [1.54, 1.807) is 12.5 Å².